The summed E-state index contributed by atoms with van der Waals surface area (Å²) in [7, 11) is -1.42. The summed E-state index contributed by atoms with van der Waals surface area (Å²) in [6.07, 6.45) is 8.36. The first-order valence-corrected chi connectivity index (χ1v) is 19.3. The molecular weight excluding hydrogens is 561 g/mol. The van der Waals surface area contributed by atoms with Crippen LogP contribution in [0.3, 0.4) is 0 Å². The van der Waals surface area contributed by atoms with Gasteiger partial charge in [-0.25, -0.2) is 0 Å². The fraction of sp³-hybridized carbons (Fsp3) is 0.128. The van der Waals surface area contributed by atoms with Crippen molar-refractivity contribution in [2.75, 3.05) is 12.3 Å². The van der Waals surface area contributed by atoms with Crippen molar-refractivity contribution in [3.05, 3.63) is 175 Å². The van der Waals surface area contributed by atoms with Gasteiger partial charge in [0.05, 0.1) is 0 Å². The molecular formula is C39H37P3. The summed E-state index contributed by atoms with van der Waals surface area (Å²) >= 11 is 0. The molecule has 0 bridgehead atoms. The van der Waals surface area contributed by atoms with Crippen LogP contribution >= 0.6 is 23.8 Å². The van der Waals surface area contributed by atoms with Crippen molar-refractivity contribution in [1.82, 2.24) is 0 Å². The SMILES string of the molecule is C[C@H](C1=C(P(c2ccccc2)c2ccccc2)C=CC1)[P@@](CCP(c1ccccc1)c1ccccc1)c1ccccc1. The van der Waals surface area contributed by atoms with Gasteiger partial charge in [0.15, 0.2) is 0 Å². The minimum Gasteiger partial charge on any atom is -0.0798 e. The maximum absolute atomic E-state index is 2.53. The lowest BCUT2D eigenvalue weighted by molar-refractivity contribution is 1.05. The van der Waals surface area contributed by atoms with Gasteiger partial charge in [0, 0.05) is 5.66 Å². The molecule has 6 rings (SSSR count). The zero-order valence-corrected chi connectivity index (χ0v) is 26.8. The van der Waals surface area contributed by atoms with Crippen LogP contribution in [0.25, 0.3) is 0 Å². The molecule has 0 aliphatic heterocycles. The van der Waals surface area contributed by atoms with Gasteiger partial charge in [0.2, 0.25) is 0 Å². The molecule has 0 amide bonds. The van der Waals surface area contributed by atoms with Crippen molar-refractivity contribution in [3.8, 4) is 0 Å². The van der Waals surface area contributed by atoms with E-state index < -0.39 is 23.8 Å². The van der Waals surface area contributed by atoms with Gasteiger partial charge in [0.1, 0.15) is 0 Å². The van der Waals surface area contributed by atoms with Crippen LogP contribution in [-0.4, -0.2) is 18.0 Å². The van der Waals surface area contributed by atoms with Gasteiger partial charge in [-0.15, -0.1) is 0 Å². The average Bonchev–Trinajstić information content (AvgIpc) is 3.55. The van der Waals surface area contributed by atoms with Crippen molar-refractivity contribution in [1.29, 1.82) is 0 Å². The van der Waals surface area contributed by atoms with Crippen LogP contribution < -0.4 is 26.5 Å². The highest BCUT2D eigenvalue weighted by atomic mass is 31.1. The Kier molecular flexibility index (Phi) is 9.90. The second kappa shape index (κ2) is 14.4. The van der Waals surface area contributed by atoms with E-state index in [1.807, 2.05) is 0 Å². The van der Waals surface area contributed by atoms with E-state index in [1.54, 1.807) is 10.9 Å². The largest absolute Gasteiger partial charge is 0.0798 e. The highest BCUT2D eigenvalue weighted by molar-refractivity contribution is 7.77. The van der Waals surface area contributed by atoms with Gasteiger partial charge in [-0.1, -0.05) is 184 Å². The smallest absolute Gasteiger partial charge is 0.00253 e. The van der Waals surface area contributed by atoms with E-state index >= 15 is 0 Å². The fourth-order valence-electron chi connectivity index (χ4n) is 5.88. The Morgan fingerprint density at radius 3 is 1.36 bits per heavy atom. The molecule has 5 aromatic carbocycles. The number of allylic oxidation sites excluding steroid dienone is 4. The Morgan fingerprint density at radius 2 is 0.905 bits per heavy atom. The van der Waals surface area contributed by atoms with Crippen molar-refractivity contribution in [2.45, 2.75) is 19.0 Å². The van der Waals surface area contributed by atoms with Crippen LogP contribution in [0.15, 0.2) is 175 Å². The highest BCUT2D eigenvalue weighted by Gasteiger charge is 2.30. The molecule has 208 valence electrons. The second-order valence-corrected chi connectivity index (χ2v) is 17.8. The van der Waals surface area contributed by atoms with Crippen molar-refractivity contribution in [3.63, 3.8) is 0 Å². The number of benzene rings is 5. The molecule has 3 heteroatoms. The van der Waals surface area contributed by atoms with E-state index in [0.717, 1.165) is 6.42 Å². The molecule has 0 nitrogen and oxygen atoms in total. The molecule has 0 saturated carbocycles. The first kappa shape index (κ1) is 29.0. The summed E-state index contributed by atoms with van der Waals surface area (Å²) in [5.74, 6) is 0. The molecule has 1 aliphatic rings. The van der Waals surface area contributed by atoms with Crippen molar-refractivity contribution < 1.29 is 0 Å². The Labute approximate surface area is 255 Å². The maximum atomic E-state index is 2.53. The van der Waals surface area contributed by atoms with Crippen LogP contribution in [0.5, 0.6) is 0 Å². The normalized spacial score (nSPS) is 14.5. The lowest BCUT2D eigenvalue weighted by Gasteiger charge is -2.31. The van der Waals surface area contributed by atoms with E-state index in [1.165, 1.54) is 38.8 Å². The third-order valence-corrected chi connectivity index (χ3v) is 16.3. The first-order chi connectivity index (χ1) is 20.8. The van der Waals surface area contributed by atoms with Gasteiger partial charge in [-0.05, 0) is 66.4 Å². The molecule has 0 radical (unpaired) electrons. The molecule has 0 N–H and O–H groups in total. The lowest BCUT2D eigenvalue weighted by atomic mass is 10.2. The molecule has 5 aromatic rings. The third-order valence-electron chi connectivity index (χ3n) is 7.97. The monoisotopic (exact) mass is 598 g/mol. The van der Waals surface area contributed by atoms with E-state index in [2.05, 4.69) is 171 Å². The second-order valence-electron chi connectivity index (χ2n) is 10.6. The molecule has 0 aromatic heterocycles. The molecule has 2 atom stereocenters. The Hall–Kier alpha value is -3.13. The van der Waals surface area contributed by atoms with Crippen molar-refractivity contribution in [2.24, 2.45) is 0 Å². The molecule has 1 aliphatic carbocycles. The van der Waals surface area contributed by atoms with Gasteiger partial charge in [-0.2, -0.15) is 0 Å². The molecule has 0 saturated heterocycles. The van der Waals surface area contributed by atoms with Gasteiger partial charge >= 0.3 is 0 Å². The van der Waals surface area contributed by atoms with E-state index in [-0.39, 0.29) is 0 Å². The van der Waals surface area contributed by atoms with Crippen LogP contribution in [0.1, 0.15) is 13.3 Å². The zero-order chi connectivity index (χ0) is 28.6. The minimum atomic E-state index is -0.604. The van der Waals surface area contributed by atoms with Gasteiger partial charge in [-0.3, -0.25) is 0 Å². The summed E-state index contributed by atoms with van der Waals surface area (Å²) in [5, 5.41) is 8.92. The Morgan fingerprint density at radius 1 is 0.500 bits per heavy atom. The summed E-state index contributed by atoms with van der Waals surface area (Å²) in [6.45, 7) is 2.53. The van der Waals surface area contributed by atoms with E-state index in [4.69, 9.17) is 0 Å². The summed E-state index contributed by atoms with van der Waals surface area (Å²) in [4.78, 5) is 0. The van der Waals surface area contributed by atoms with E-state index in [9.17, 15) is 0 Å². The van der Waals surface area contributed by atoms with Crippen LogP contribution in [0, 0.1) is 0 Å². The van der Waals surface area contributed by atoms with Gasteiger partial charge < -0.3 is 0 Å². The summed E-state index contributed by atoms with van der Waals surface area (Å²) < 4.78 is 0. The van der Waals surface area contributed by atoms with Gasteiger partial charge in [0.25, 0.3) is 0 Å². The standard InChI is InChI=1S/C39H37P3/c1-32(38-28-17-29-39(38)42(36-24-13-5-14-25-36)37-26-15-6-16-27-37)40(33-18-7-2-8-19-33)30-31-41(34-20-9-3-10-21-34)35-22-11-4-12-23-35/h2-27,29,32H,28,30-31H2,1H3/t32-,40-/m1/s1. The molecule has 42 heavy (non-hydrogen) atoms. The zero-order valence-electron chi connectivity index (χ0n) is 24.1. The fourth-order valence-corrected chi connectivity index (χ4v) is 14.4. The summed E-state index contributed by atoms with van der Waals surface area (Å²) in [5.41, 5.74) is 2.15. The topological polar surface area (TPSA) is 0 Å². The van der Waals surface area contributed by atoms with Crippen LogP contribution in [0.4, 0.5) is 0 Å². The average molecular weight is 599 g/mol. The lowest BCUT2D eigenvalue weighted by Crippen LogP contribution is -2.21. The predicted octanol–water partition coefficient (Wildman–Crippen LogP) is 8.66. The molecule has 0 fully saturated rings. The number of hydrogen-bond acceptors (Lipinski definition) is 0. The predicted molar refractivity (Wildman–Crippen MR) is 191 cm³/mol. The van der Waals surface area contributed by atoms with E-state index in [0.29, 0.717) is 5.66 Å². The van der Waals surface area contributed by atoms with Crippen LogP contribution in [-0.2, 0) is 0 Å². The summed E-state index contributed by atoms with van der Waals surface area (Å²) in [6, 6.07) is 56.2. The molecule has 0 heterocycles. The Balaban J connectivity index is 1.37. The van der Waals surface area contributed by atoms with Crippen molar-refractivity contribution >= 4 is 50.3 Å². The number of rotatable bonds is 11. The number of hydrogen-bond donors (Lipinski definition) is 0. The third kappa shape index (κ3) is 6.74. The first-order valence-electron chi connectivity index (χ1n) is 14.8. The molecule has 0 unspecified atom stereocenters. The molecule has 0 spiro atoms. The minimum absolute atomic E-state index is 0.402. The Bertz CT molecular complexity index is 1520. The highest BCUT2D eigenvalue weighted by Crippen LogP contribution is 2.54. The quantitative estimate of drug-likeness (QED) is 0.134. The maximum Gasteiger partial charge on any atom is 0.00253 e. The van der Waals surface area contributed by atoms with Crippen LogP contribution in [0.2, 0.25) is 0 Å².